The largest absolute Gasteiger partial charge is 0.364 e. The summed E-state index contributed by atoms with van der Waals surface area (Å²) in [6.07, 6.45) is 5.26. The molecule has 0 spiro atoms. The Hall–Kier alpha value is -2.91. The molecule has 2 N–H and O–H groups in total. The molecule has 148 valence electrons. The number of carbonyl (C=O) groups is 1. The van der Waals surface area contributed by atoms with Crippen molar-refractivity contribution < 1.29 is 4.79 Å². The highest BCUT2D eigenvalue weighted by molar-refractivity contribution is 7.98. The molecular weight excluding hydrogens is 404 g/mol. The molecule has 29 heavy (non-hydrogen) atoms. The van der Waals surface area contributed by atoms with Crippen LogP contribution >= 0.6 is 23.1 Å². The standard InChI is InChI=1S/C20H20N6OS2/c1-28-17-7-3-2-6-15(17)20(27)21-8-9-26-19-16(12-25-26)18(23-13-24-19)22-11-14-5-4-10-29-14/h2-7,10,12-13H,8-9,11H2,1H3,(H,21,27)(H,22,23,24). The Morgan fingerprint density at radius 1 is 1.21 bits per heavy atom. The maximum atomic E-state index is 12.5. The number of rotatable bonds is 8. The molecule has 0 aliphatic rings. The predicted octanol–water partition coefficient (Wildman–Crippen LogP) is 3.65. The molecule has 4 rings (SSSR count). The molecule has 0 aliphatic carbocycles. The van der Waals surface area contributed by atoms with Gasteiger partial charge in [0, 0.05) is 16.3 Å². The summed E-state index contributed by atoms with van der Waals surface area (Å²) in [4.78, 5) is 23.4. The Kier molecular flexibility index (Phi) is 6.06. The molecule has 7 nitrogen and oxygen atoms in total. The highest BCUT2D eigenvalue weighted by Crippen LogP contribution is 2.21. The molecule has 1 amide bonds. The first-order valence-corrected chi connectivity index (χ1v) is 11.2. The van der Waals surface area contributed by atoms with E-state index in [1.165, 1.54) is 11.2 Å². The number of benzene rings is 1. The van der Waals surface area contributed by atoms with Gasteiger partial charge in [0.2, 0.25) is 0 Å². The quantitative estimate of drug-likeness (QED) is 0.420. The molecule has 0 fully saturated rings. The van der Waals surface area contributed by atoms with E-state index < -0.39 is 0 Å². The third-order valence-electron chi connectivity index (χ3n) is 4.40. The van der Waals surface area contributed by atoms with Gasteiger partial charge in [0.25, 0.3) is 5.91 Å². The van der Waals surface area contributed by atoms with E-state index in [1.54, 1.807) is 34.0 Å². The second-order valence-electron chi connectivity index (χ2n) is 6.22. The van der Waals surface area contributed by atoms with Crippen LogP contribution in [0.3, 0.4) is 0 Å². The fraction of sp³-hybridized carbons (Fsp3) is 0.200. The first-order valence-electron chi connectivity index (χ1n) is 9.10. The Bertz CT molecular complexity index is 1110. The number of aromatic nitrogens is 4. The van der Waals surface area contributed by atoms with Crippen LogP contribution < -0.4 is 10.6 Å². The van der Waals surface area contributed by atoms with Crippen LogP contribution in [-0.2, 0) is 13.1 Å². The van der Waals surface area contributed by atoms with Crippen molar-refractivity contribution >= 4 is 45.9 Å². The van der Waals surface area contributed by atoms with Crippen LogP contribution in [0.25, 0.3) is 11.0 Å². The summed E-state index contributed by atoms with van der Waals surface area (Å²) in [6.45, 7) is 1.69. The number of hydrogen-bond acceptors (Lipinski definition) is 7. The van der Waals surface area contributed by atoms with Gasteiger partial charge >= 0.3 is 0 Å². The monoisotopic (exact) mass is 424 g/mol. The Balaban J connectivity index is 1.41. The van der Waals surface area contributed by atoms with E-state index in [4.69, 9.17) is 0 Å². The summed E-state index contributed by atoms with van der Waals surface area (Å²) in [5, 5.41) is 13.7. The summed E-state index contributed by atoms with van der Waals surface area (Å²) < 4.78 is 1.79. The fourth-order valence-electron chi connectivity index (χ4n) is 2.98. The lowest BCUT2D eigenvalue weighted by molar-refractivity contribution is 0.0949. The molecule has 0 saturated heterocycles. The van der Waals surface area contributed by atoms with Crippen molar-refractivity contribution in [3.05, 3.63) is 64.7 Å². The zero-order valence-electron chi connectivity index (χ0n) is 15.8. The van der Waals surface area contributed by atoms with Crippen molar-refractivity contribution in [3.63, 3.8) is 0 Å². The molecule has 1 aromatic carbocycles. The van der Waals surface area contributed by atoms with Gasteiger partial charge in [-0.05, 0) is 29.8 Å². The van der Waals surface area contributed by atoms with E-state index in [0.717, 1.165) is 21.7 Å². The third kappa shape index (κ3) is 4.41. The molecule has 9 heteroatoms. The van der Waals surface area contributed by atoms with E-state index in [9.17, 15) is 4.79 Å². The molecule has 3 heterocycles. The lowest BCUT2D eigenvalue weighted by Gasteiger charge is -2.09. The molecule has 0 saturated carbocycles. The number of thioether (sulfide) groups is 1. The minimum absolute atomic E-state index is 0.0839. The number of carbonyl (C=O) groups excluding carboxylic acids is 1. The number of nitrogens with one attached hydrogen (secondary N) is 2. The summed E-state index contributed by atoms with van der Waals surface area (Å²) in [5.74, 6) is 0.673. The summed E-state index contributed by atoms with van der Waals surface area (Å²) >= 11 is 3.26. The Morgan fingerprint density at radius 3 is 2.93 bits per heavy atom. The lowest BCUT2D eigenvalue weighted by Crippen LogP contribution is -2.28. The summed E-state index contributed by atoms with van der Waals surface area (Å²) in [6, 6.07) is 11.7. The number of amides is 1. The first kappa shape index (κ1) is 19.4. The zero-order valence-corrected chi connectivity index (χ0v) is 17.5. The smallest absolute Gasteiger partial charge is 0.252 e. The topological polar surface area (TPSA) is 84.7 Å². The van der Waals surface area contributed by atoms with Crippen molar-refractivity contribution in [2.45, 2.75) is 18.0 Å². The van der Waals surface area contributed by atoms with Crippen LogP contribution in [0.2, 0.25) is 0 Å². The maximum Gasteiger partial charge on any atom is 0.252 e. The molecule has 0 atom stereocenters. The van der Waals surface area contributed by atoms with Crippen LogP contribution in [0, 0.1) is 0 Å². The van der Waals surface area contributed by atoms with Gasteiger partial charge in [0.05, 0.1) is 30.2 Å². The van der Waals surface area contributed by atoms with E-state index >= 15 is 0 Å². The summed E-state index contributed by atoms with van der Waals surface area (Å²) in [7, 11) is 0. The van der Waals surface area contributed by atoms with Crippen molar-refractivity contribution in [1.82, 2.24) is 25.1 Å². The first-order chi connectivity index (χ1) is 14.3. The SMILES string of the molecule is CSc1ccccc1C(=O)NCCn1ncc2c(NCc3cccs3)ncnc21. The van der Waals surface area contributed by atoms with Gasteiger partial charge in [-0.3, -0.25) is 4.79 Å². The lowest BCUT2D eigenvalue weighted by atomic mass is 10.2. The highest BCUT2D eigenvalue weighted by atomic mass is 32.2. The van der Waals surface area contributed by atoms with Gasteiger partial charge in [0.15, 0.2) is 5.65 Å². The van der Waals surface area contributed by atoms with Crippen molar-refractivity contribution in [3.8, 4) is 0 Å². The van der Waals surface area contributed by atoms with Crippen molar-refractivity contribution in [2.75, 3.05) is 18.1 Å². The Labute approximate surface area is 176 Å². The van der Waals surface area contributed by atoms with E-state index in [-0.39, 0.29) is 5.91 Å². The molecule has 0 radical (unpaired) electrons. The van der Waals surface area contributed by atoms with Gasteiger partial charge in [-0.1, -0.05) is 18.2 Å². The average molecular weight is 425 g/mol. The van der Waals surface area contributed by atoms with Crippen molar-refractivity contribution in [2.24, 2.45) is 0 Å². The second kappa shape index (κ2) is 9.06. The van der Waals surface area contributed by atoms with Gasteiger partial charge in [-0.25, -0.2) is 14.6 Å². The fourth-order valence-corrected chi connectivity index (χ4v) is 4.22. The van der Waals surface area contributed by atoms with Crippen LogP contribution in [-0.4, -0.2) is 38.5 Å². The summed E-state index contributed by atoms with van der Waals surface area (Å²) in [5.41, 5.74) is 1.43. The minimum Gasteiger partial charge on any atom is -0.364 e. The normalized spacial score (nSPS) is 10.9. The van der Waals surface area contributed by atoms with E-state index in [1.807, 2.05) is 36.6 Å². The zero-order chi connectivity index (χ0) is 20.1. The number of fused-ring (bicyclic) bond motifs is 1. The van der Waals surface area contributed by atoms with E-state index in [0.29, 0.717) is 25.2 Å². The van der Waals surface area contributed by atoms with Crippen LogP contribution in [0.1, 0.15) is 15.2 Å². The molecule has 0 bridgehead atoms. The van der Waals surface area contributed by atoms with Crippen LogP contribution in [0.15, 0.2) is 59.2 Å². The van der Waals surface area contributed by atoms with Gasteiger partial charge in [-0.15, -0.1) is 23.1 Å². The molecular formula is C20H20N6OS2. The molecule has 0 unspecified atom stereocenters. The third-order valence-corrected chi connectivity index (χ3v) is 6.08. The highest BCUT2D eigenvalue weighted by Gasteiger charge is 2.12. The second-order valence-corrected chi connectivity index (χ2v) is 8.10. The number of anilines is 1. The van der Waals surface area contributed by atoms with Crippen molar-refractivity contribution in [1.29, 1.82) is 0 Å². The maximum absolute atomic E-state index is 12.5. The van der Waals surface area contributed by atoms with Gasteiger partial charge in [0.1, 0.15) is 12.1 Å². The number of hydrogen-bond donors (Lipinski definition) is 2. The van der Waals surface area contributed by atoms with E-state index in [2.05, 4.69) is 37.1 Å². The van der Waals surface area contributed by atoms with Crippen LogP contribution in [0.5, 0.6) is 0 Å². The average Bonchev–Trinajstić information content (AvgIpc) is 3.42. The molecule has 0 aliphatic heterocycles. The van der Waals surface area contributed by atoms with Gasteiger partial charge in [-0.2, -0.15) is 5.10 Å². The number of thiophene rings is 1. The Morgan fingerprint density at radius 2 is 2.10 bits per heavy atom. The predicted molar refractivity (Wildman–Crippen MR) is 118 cm³/mol. The number of nitrogens with zero attached hydrogens (tertiary/aromatic N) is 4. The van der Waals surface area contributed by atoms with Gasteiger partial charge < -0.3 is 10.6 Å². The minimum atomic E-state index is -0.0839. The molecule has 3 aromatic heterocycles. The van der Waals surface area contributed by atoms with Crippen LogP contribution in [0.4, 0.5) is 5.82 Å². The molecule has 4 aromatic rings.